The summed E-state index contributed by atoms with van der Waals surface area (Å²) in [6.45, 7) is 1.69. The molecular formula is C15H26N4O9. The molecular weight excluding hydrogens is 380 g/mol. The number of aliphatic carboxylic acids is 2. The summed E-state index contributed by atoms with van der Waals surface area (Å²) < 4.78 is 0. The number of nitrogens with one attached hydrogen (secondary N) is 3. The summed E-state index contributed by atoms with van der Waals surface area (Å²) in [6, 6.07) is -4.36. The lowest BCUT2D eigenvalue weighted by atomic mass is 10.1. The van der Waals surface area contributed by atoms with Crippen molar-refractivity contribution >= 4 is 29.7 Å². The molecule has 3 amide bonds. The van der Waals surface area contributed by atoms with Crippen LogP contribution in [0.2, 0.25) is 0 Å². The van der Waals surface area contributed by atoms with Gasteiger partial charge in [-0.3, -0.25) is 19.2 Å². The van der Waals surface area contributed by atoms with Gasteiger partial charge in [0.1, 0.15) is 6.04 Å². The van der Waals surface area contributed by atoms with Crippen molar-refractivity contribution in [2.24, 2.45) is 5.73 Å². The molecule has 160 valence electrons. The van der Waals surface area contributed by atoms with Crippen LogP contribution in [0.25, 0.3) is 0 Å². The summed E-state index contributed by atoms with van der Waals surface area (Å²) in [5.74, 6) is -5.37. The van der Waals surface area contributed by atoms with Gasteiger partial charge in [0.05, 0.1) is 24.8 Å². The van der Waals surface area contributed by atoms with Crippen LogP contribution in [-0.2, 0) is 24.0 Å². The van der Waals surface area contributed by atoms with Crippen molar-refractivity contribution in [2.45, 2.75) is 57.0 Å². The number of nitrogens with two attached hydrogens (primary N) is 1. The Morgan fingerprint density at radius 1 is 0.893 bits per heavy atom. The molecule has 0 rings (SSSR count). The SMILES string of the molecule is CC(O)C(NC(=O)C(NC(=O)CNC(=O)C(N)CCC(=O)O)C(C)O)C(=O)O. The first-order valence-electron chi connectivity index (χ1n) is 8.30. The van der Waals surface area contributed by atoms with E-state index in [9.17, 15) is 34.2 Å². The molecule has 0 aromatic carbocycles. The molecule has 0 aromatic heterocycles. The van der Waals surface area contributed by atoms with Gasteiger partial charge >= 0.3 is 11.9 Å². The predicted molar refractivity (Wildman–Crippen MR) is 92.7 cm³/mol. The van der Waals surface area contributed by atoms with Crippen LogP contribution in [0.5, 0.6) is 0 Å². The molecule has 0 aliphatic heterocycles. The summed E-state index contributed by atoms with van der Waals surface area (Å²) >= 11 is 0. The maximum absolute atomic E-state index is 12.1. The average Bonchev–Trinajstić information content (AvgIpc) is 2.58. The van der Waals surface area contributed by atoms with Gasteiger partial charge in [-0.05, 0) is 20.3 Å². The van der Waals surface area contributed by atoms with E-state index in [-0.39, 0.29) is 12.8 Å². The van der Waals surface area contributed by atoms with Crippen molar-refractivity contribution in [2.75, 3.05) is 6.54 Å². The molecule has 0 bridgehead atoms. The molecule has 9 N–H and O–H groups in total. The van der Waals surface area contributed by atoms with Gasteiger partial charge in [-0.25, -0.2) is 4.79 Å². The first-order chi connectivity index (χ1) is 12.9. The highest BCUT2D eigenvalue weighted by Crippen LogP contribution is 1.99. The molecule has 5 unspecified atom stereocenters. The van der Waals surface area contributed by atoms with Crippen molar-refractivity contribution in [3.63, 3.8) is 0 Å². The quantitative estimate of drug-likeness (QED) is 0.157. The fraction of sp³-hybridized carbons (Fsp3) is 0.667. The van der Waals surface area contributed by atoms with Crippen molar-refractivity contribution in [3.05, 3.63) is 0 Å². The third-order valence-corrected chi connectivity index (χ3v) is 3.56. The topological polar surface area (TPSA) is 228 Å². The van der Waals surface area contributed by atoms with Crippen LogP contribution in [0.1, 0.15) is 26.7 Å². The number of aliphatic hydroxyl groups excluding tert-OH is 2. The maximum Gasteiger partial charge on any atom is 0.328 e. The third-order valence-electron chi connectivity index (χ3n) is 3.56. The molecule has 0 fully saturated rings. The van der Waals surface area contributed by atoms with Gasteiger partial charge < -0.3 is 42.1 Å². The lowest BCUT2D eigenvalue weighted by Gasteiger charge is -2.24. The van der Waals surface area contributed by atoms with Crippen LogP contribution < -0.4 is 21.7 Å². The molecule has 0 saturated heterocycles. The summed E-state index contributed by atoms with van der Waals surface area (Å²) in [6.07, 6.45) is -3.32. The lowest BCUT2D eigenvalue weighted by molar-refractivity contribution is -0.145. The fourth-order valence-corrected chi connectivity index (χ4v) is 1.97. The van der Waals surface area contributed by atoms with E-state index < -0.39 is 66.5 Å². The number of hydrogen-bond acceptors (Lipinski definition) is 8. The number of rotatable bonds is 12. The second-order valence-corrected chi connectivity index (χ2v) is 6.11. The molecule has 13 heteroatoms. The Morgan fingerprint density at radius 3 is 1.86 bits per heavy atom. The molecule has 0 heterocycles. The number of carboxylic acid groups (broad SMARTS) is 2. The van der Waals surface area contributed by atoms with Gasteiger partial charge in [0.2, 0.25) is 17.7 Å². The second-order valence-electron chi connectivity index (χ2n) is 6.11. The molecule has 5 atom stereocenters. The zero-order valence-electron chi connectivity index (χ0n) is 15.4. The Hall–Kier alpha value is -2.77. The third kappa shape index (κ3) is 9.25. The van der Waals surface area contributed by atoms with E-state index in [4.69, 9.17) is 15.9 Å². The maximum atomic E-state index is 12.1. The van der Waals surface area contributed by atoms with Gasteiger partial charge in [0.15, 0.2) is 6.04 Å². The van der Waals surface area contributed by atoms with E-state index in [1.54, 1.807) is 0 Å². The van der Waals surface area contributed by atoms with Gasteiger partial charge in [0.25, 0.3) is 0 Å². The van der Waals surface area contributed by atoms with E-state index in [1.807, 2.05) is 5.32 Å². The first-order valence-corrected chi connectivity index (χ1v) is 8.30. The Kier molecular flexibility index (Phi) is 10.7. The Morgan fingerprint density at radius 2 is 1.43 bits per heavy atom. The van der Waals surface area contributed by atoms with Crippen LogP contribution in [0, 0.1) is 0 Å². The van der Waals surface area contributed by atoms with Crippen LogP contribution in [0.3, 0.4) is 0 Å². The average molecular weight is 406 g/mol. The number of amides is 3. The minimum absolute atomic E-state index is 0.141. The molecule has 0 saturated carbocycles. The van der Waals surface area contributed by atoms with Gasteiger partial charge in [0, 0.05) is 6.42 Å². The number of hydrogen-bond donors (Lipinski definition) is 8. The highest BCUT2D eigenvalue weighted by molar-refractivity contribution is 5.93. The van der Waals surface area contributed by atoms with Crippen molar-refractivity contribution < 1.29 is 44.4 Å². The van der Waals surface area contributed by atoms with E-state index in [0.717, 1.165) is 6.92 Å². The van der Waals surface area contributed by atoms with E-state index >= 15 is 0 Å². The molecule has 0 spiro atoms. The Labute approximate surface area is 160 Å². The normalized spacial score (nSPS) is 16.0. The van der Waals surface area contributed by atoms with Crippen molar-refractivity contribution in [1.29, 1.82) is 0 Å². The zero-order valence-corrected chi connectivity index (χ0v) is 15.4. The molecule has 0 aliphatic rings. The minimum atomic E-state index is -1.66. The largest absolute Gasteiger partial charge is 0.481 e. The van der Waals surface area contributed by atoms with Crippen LogP contribution in [-0.4, -0.2) is 87.0 Å². The summed E-state index contributed by atoms with van der Waals surface area (Å²) in [7, 11) is 0. The number of carbonyl (C=O) groups excluding carboxylic acids is 3. The molecule has 28 heavy (non-hydrogen) atoms. The van der Waals surface area contributed by atoms with Gasteiger partial charge in [-0.15, -0.1) is 0 Å². The van der Waals surface area contributed by atoms with Crippen molar-refractivity contribution in [1.82, 2.24) is 16.0 Å². The molecule has 0 radical (unpaired) electrons. The zero-order chi connectivity index (χ0) is 22.0. The summed E-state index contributed by atoms with van der Waals surface area (Å²) in [5.41, 5.74) is 5.47. The van der Waals surface area contributed by atoms with E-state index in [2.05, 4.69) is 10.6 Å². The highest BCUT2D eigenvalue weighted by atomic mass is 16.4. The molecule has 0 aliphatic carbocycles. The second kappa shape index (κ2) is 11.8. The van der Waals surface area contributed by atoms with Crippen LogP contribution >= 0.6 is 0 Å². The Bertz CT molecular complexity index is 594. The fourth-order valence-electron chi connectivity index (χ4n) is 1.97. The monoisotopic (exact) mass is 406 g/mol. The van der Waals surface area contributed by atoms with E-state index in [1.165, 1.54) is 6.92 Å². The number of aliphatic hydroxyl groups is 2. The Balaban J connectivity index is 4.73. The minimum Gasteiger partial charge on any atom is -0.481 e. The lowest BCUT2D eigenvalue weighted by Crippen LogP contribution is -2.59. The predicted octanol–water partition coefficient (Wildman–Crippen LogP) is -3.89. The summed E-state index contributed by atoms with van der Waals surface area (Å²) in [5, 5.41) is 42.8. The number of carboxylic acids is 2. The highest BCUT2D eigenvalue weighted by Gasteiger charge is 2.31. The molecule has 0 aromatic rings. The van der Waals surface area contributed by atoms with Crippen molar-refractivity contribution in [3.8, 4) is 0 Å². The van der Waals surface area contributed by atoms with E-state index in [0.29, 0.717) is 0 Å². The summed E-state index contributed by atoms with van der Waals surface area (Å²) in [4.78, 5) is 57.1. The standard InChI is InChI=1S/C15H26N4O9/c1-6(20)11(14(26)19-12(7(2)21)15(27)28)18-9(22)5-17-13(25)8(16)3-4-10(23)24/h6-8,11-12,20-21H,3-5,16H2,1-2H3,(H,17,25)(H,18,22)(H,19,26)(H,23,24)(H,27,28). The molecule has 13 nitrogen and oxygen atoms in total. The smallest absolute Gasteiger partial charge is 0.328 e. The van der Waals surface area contributed by atoms with Crippen LogP contribution in [0.4, 0.5) is 0 Å². The number of carbonyl (C=O) groups is 5. The van der Waals surface area contributed by atoms with Gasteiger partial charge in [-0.2, -0.15) is 0 Å². The van der Waals surface area contributed by atoms with Crippen LogP contribution in [0.15, 0.2) is 0 Å². The first kappa shape index (κ1) is 25.2. The van der Waals surface area contributed by atoms with Gasteiger partial charge in [-0.1, -0.05) is 0 Å².